The number of halogens is 2. The fourth-order valence-corrected chi connectivity index (χ4v) is 2.83. The summed E-state index contributed by atoms with van der Waals surface area (Å²) in [7, 11) is 0. The molecule has 0 saturated carbocycles. The van der Waals surface area contributed by atoms with E-state index in [2.05, 4.69) is 12.1 Å². The van der Waals surface area contributed by atoms with Gasteiger partial charge in [0.25, 0.3) is 0 Å². The van der Waals surface area contributed by atoms with Crippen molar-refractivity contribution >= 4 is 34.0 Å². The maximum atomic E-state index is 9.67. The van der Waals surface area contributed by atoms with Crippen LogP contribution in [0.4, 0.5) is 0 Å². The van der Waals surface area contributed by atoms with Gasteiger partial charge in [0.1, 0.15) is 48.0 Å². The highest BCUT2D eigenvalue weighted by molar-refractivity contribution is 6.18. The fraction of sp³-hybridized carbons (Fsp3) is 0.400. The van der Waals surface area contributed by atoms with Crippen LogP contribution in [0.5, 0.6) is 11.5 Å². The zero-order chi connectivity index (χ0) is 20.2. The predicted octanol–water partition coefficient (Wildman–Crippen LogP) is 3.85. The summed E-state index contributed by atoms with van der Waals surface area (Å²) in [5.74, 6) is 1.47. The molecule has 148 valence electrons. The third kappa shape index (κ3) is 5.64. The van der Waals surface area contributed by atoms with Gasteiger partial charge in [0.2, 0.25) is 0 Å². The summed E-state index contributed by atoms with van der Waals surface area (Å²) in [6.45, 7) is 1.94. The van der Waals surface area contributed by atoms with Crippen molar-refractivity contribution in [1.29, 1.82) is 10.5 Å². The molecule has 8 heteroatoms. The Labute approximate surface area is 174 Å². The van der Waals surface area contributed by atoms with Gasteiger partial charge in [-0.15, -0.1) is 23.2 Å². The van der Waals surface area contributed by atoms with Crippen molar-refractivity contribution in [1.82, 2.24) is 0 Å². The van der Waals surface area contributed by atoms with Gasteiger partial charge in [-0.25, -0.2) is 0 Å². The Bertz CT molecular complexity index is 791. The summed E-state index contributed by atoms with van der Waals surface area (Å²) in [5.41, 5.74) is 0.269. The minimum Gasteiger partial charge on any atom is -0.489 e. The smallest absolute Gasteiger partial charge is 0.146 e. The molecule has 0 N–H and O–H groups in total. The lowest BCUT2D eigenvalue weighted by Gasteiger charge is -2.17. The number of hydrogen-bond donors (Lipinski definition) is 0. The molecule has 0 fully saturated rings. The Morgan fingerprint density at radius 2 is 1.11 bits per heavy atom. The molecule has 0 heterocycles. The first-order chi connectivity index (χ1) is 13.8. The quantitative estimate of drug-likeness (QED) is 0.381. The minimum absolute atomic E-state index is 0.134. The van der Waals surface area contributed by atoms with Crippen molar-refractivity contribution in [3.63, 3.8) is 0 Å². The van der Waals surface area contributed by atoms with E-state index >= 15 is 0 Å². The number of ether oxygens (including phenoxy) is 4. The molecule has 0 amide bonds. The second-order valence-corrected chi connectivity index (χ2v) is 6.23. The van der Waals surface area contributed by atoms with Gasteiger partial charge in [-0.1, -0.05) is 24.3 Å². The third-order valence-electron chi connectivity index (χ3n) is 3.74. The lowest BCUT2D eigenvalue weighted by Crippen LogP contribution is -2.12. The van der Waals surface area contributed by atoms with E-state index in [0.717, 1.165) is 0 Å². The van der Waals surface area contributed by atoms with Crippen LogP contribution in [0.25, 0.3) is 10.8 Å². The standard InChI is InChI=1S/C20H20Cl2N2O4/c21-5-7-25-9-11-27-19-15-3-1-2-4-16(15)20(18(14-24)17(19)13-23)28-12-10-26-8-6-22/h1-4H,5-12H2. The topological polar surface area (TPSA) is 84.5 Å². The van der Waals surface area contributed by atoms with Crippen LogP contribution in [0.1, 0.15) is 11.1 Å². The first kappa shape index (κ1) is 22.1. The van der Waals surface area contributed by atoms with E-state index in [1.54, 1.807) is 0 Å². The number of nitriles is 2. The van der Waals surface area contributed by atoms with E-state index in [9.17, 15) is 10.5 Å². The second kappa shape index (κ2) is 12.3. The molecule has 2 rings (SSSR count). The normalized spacial score (nSPS) is 10.4. The molecule has 0 saturated heterocycles. The number of benzene rings is 2. The largest absolute Gasteiger partial charge is 0.489 e. The molecular weight excluding hydrogens is 403 g/mol. The first-order valence-corrected chi connectivity index (χ1v) is 9.77. The summed E-state index contributed by atoms with van der Waals surface area (Å²) < 4.78 is 22.2. The summed E-state index contributed by atoms with van der Waals surface area (Å²) in [5, 5.41) is 20.7. The van der Waals surface area contributed by atoms with Crippen LogP contribution in [0, 0.1) is 22.7 Å². The molecule has 0 aliphatic rings. The molecule has 0 aliphatic heterocycles. The number of hydrogen-bond acceptors (Lipinski definition) is 6. The van der Waals surface area contributed by atoms with Gasteiger partial charge in [-0.3, -0.25) is 0 Å². The maximum absolute atomic E-state index is 9.67. The lowest BCUT2D eigenvalue weighted by molar-refractivity contribution is 0.111. The van der Waals surface area contributed by atoms with Gasteiger partial charge in [0.05, 0.1) is 26.4 Å². The first-order valence-electron chi connectivity index (χ1n) is 8.70. The van der Waals surface area contributed by atoms with E-state index in [-0.39, 0.29) is 24.3 Å². The van der Waals surface area contributed by atoms with Crippen molar-refractivity contribution in [3.8, 4) is 23.6 Å². The van der Waals surface area contributed by atoms with Crippen molar-refractivity contribution in [2.75, 3.05) is 51.4 Å². The highest BCUT2D eigenvalue weighted by Gasteiger charge is 2.21. The molecular formula is C20H20Cl2N2O4. The van der Waals surface area contributed by atoms with Crippen molar-refractivity contribution in [3.05, 3.63) is 35.4 Å². The zero-order valence-electron chi connectivity index (χ0n) is 15.2. The molecule has 0 radical (unpaired) electrons. The van der Waals surface area contributed by atoms with E-state index in [1.807, 2.05) is 24.3 Å². The van der Waals surface area contributed by atoms with E-state index in [0.29, 0.717) is 60.5 Å². The van der Waals surface area contributed by atoms with Crippen LogP contribution in [-0.4, -0.2) is 51.4 Å². The van der Waals surface area contributed by atoms with Crippen LogP contribution >= 0.6 is 23.2 Å². The summed E-state index contributed by atoms with van der Waals surface area (Å²) in [4.78, 5) is 0. The number of nitrogens with zero attached hydrogens (tertiary/aromatic N) is 2. The summed E-state index contributed by atoms with van der Waals surface area (Å²) >= 11 is 11.2. The summed E-state index contributed by atoms with van der Waals surface area (Å²) in [6.07, 6.45) is 0. The van der Waals surface area contributed by atoms with Gasteiger partial charge < -0.3 is 18.9 Å². The Morgan fingerprint density at radius 3 is 1.46 bits per heavy atom. The minimum atomic E-state index is 0.134. The SMILES string of the molecule is N#Cc1c(C#N)c(OCCOCCCl)c2ccccc2c1OCCOCCCl. The predicted molar refractivity (Wildman–Crippen MR) is 107 cm³/mol. The molecule has 0 aromatic heterocycles. The van der Waals surface area contributed by atoms with Crippen LogP contribution in [0.3, 0.4) is 0 Å². The molecule has 28 heavy (non-hydrogen) atoms. The van der Waals surface area contributed by atoms with Crippen LogP contribution in [0.2, 0.25) is 0 Å². The molecule has 0 atom stereocenters. The maximum Gasteiger partial charge on any atom is 0.146 e. The van der Waals surface area contributed by atoms with Gasteiger partial charge in [-0.05, 0) is 0 Å². The number of alkyl halides is 2. The molecule has 2 aromatic rings. The number of rotatable bonds is 12. The van der Waals surface area contributed by atoms with E-state index in [4.69, 9.17) is 42.1 Å². The Kier molecular flexibility index (Phi) is 9.68. The highest BCUT2D eigenvalue weighted by atomic mass is 35.5. The van der Waals surface area contributed by atoms with Crippen LogP contribution in [-0.2, 0) is 9.47 Å². The fourth-order valence-electron chi connectivity index (χ4n) is 2.61. The van der Waals surface area contributed by atoms with Gasteiger partial charge in [-0.2, -0.15) is 10.5 Å². The van der Waals surface area contributed by atoms with Crippen LogP contribution < -0.4 is 9.47 Å². The van der Waals surface area contributed by atoms with Crippen LogP contribution in [0.15, 0.2) is 24.3 Å². The van der Waals surface area contributed by atoms with Gasteiger partial charge >= 0.3 is 0 Å². The molecule has 0 aliphatic carbocycles. The van der Waals surface area contributed by atoms with Crippen molar-refractivity contribution in [2.45, 2.75) is 0 Å². The lowest BCUT2D eigenvalue weighted by atomic mass is 9.99. The molecule has 6 nitrogen and oxygen atoms in total. The van der Waals surface area contributed by atoms with Gasteiger partial charge in [0, 0.05) is 22.5 Å². The van der Waals surface area contributed by atoms with E-state index < -0.39 is 0 Å². The Balaban J connectivity index is 2.35. The molecule has 2 aromatic carbocycles. The van der Waals surface area contributed by atoms with Crippen molar-refractivity contribution < 1.29 is 18.9 Å². The molecule has 0 unspecified atom stereocenters. The molecule has 0 spiro atoms. The van der Waals surface area contributed by atoms with E-state index in [1.165, 1.54) is 0 Å². The second-order valence-electron chi connectivity index (χ2n) is 5.48. The monoisotopic (exact) mass is 422 g/mol. The Morgan fingerprint density at radius 1 is 0.679 bits per heavy atom. The zero-order valence-corrected chi connectivity index (χ0v) is 16.8. The van der Waals surface area contributed by atoms with Gasteiger partial charge in [0.15, 0.2) is 0 Å². The highest BCUT2D eigenvalue weighted by Crippen LogP contribution is 2.40. The average molecular weight is 423 g/mol. The van der Waals surface area contributed by atoms with Crippen molar-refractivity contribution in [2.24, 2.45) is 0 Å². The molecule has 0 bridgehead atoms. The number of fused-ring (bicyclic) bond motifs is 1. The average Bonchev–Trinajstić information content (AvgIpc) is 2.73. The summed E-state index contributed by atoms with van der Waals surface area (Å²) in [6, 6.07) is 11.5. The third-order valence-corrected chi connectivity index (χ3v) is 4.04. The Hall–Kier alpha value is -2.22.